The zero-order valence-corrected chi connectivity index (χ0v) is 9.98. The van der Waals surface area contributed by atoms with Gasteiger partial charge in [-0.15, -0.1) is 0 Å². The minimum atomic E-state index is -0.440. The van der Waals surface area contributed by atoms with Gasteiger partial charge in [0.15, 0.2) is 0 Å². The van der Waals surface area contributed by atoms with Crippen molar-refractivity contribution in [2.24, 2.45) is 5.92 Å². The van der Waals surface area contributed by atoms with Crippen LogP contribution in [-0.4, -0.2) is 34.6 Å². The molecule has 0 aromatic carbocycles. The normalized spacial score (nSPS) is 21.6. The fourth-order valence-electron chi connectivity index (χ4n) is 2.41. The van der Waals surface area contributed by atoms with Crippen molar-refractivity contribution in [2.75, 3.05) is 25.9 Å². The summed E-state index contributed by atoms with van der Waals surface area (Å²) in [7, 11) is 2.07. The van der Waals surface area contributed by atoms with Gasteiger partial charge >= 0.3 is 5.69 Å². The molecule has 1 unspecified atom stereocenters. The molecule has 94 valence electrons. The molecular weight excluding hydrogens is 220 g/mol. The molecule has 17 heavy (non-hydrogen) atoms. The highest BCUT2D eigenvalue weighted by molar-refractivity contribution is 5.26. The van der Waals surface area contributed by atoms with E-state index < -0.39 is 11.2 Å². The number of likely N-dealkylation sites (tertiary alicyclic amines) is 1. The molecular formula is C11H18N4O2. The Morgan fingerprint density at radius 1 is 1.53 bits per heavy atom. The number of hydrogen-bond acceptors (Lipinski definition) is 4. The number of aromatic nitrogens is 2. The second-order valence-electron chi connectivity index (χ2n) is 4.74. The zero-order valence-electron chi connectivity index (χ0n) is 9.98. The highest BCUT2D eigenvalue weighted by Crippen LogP contribution is 2.16. The van der Waals surface area contributed by atoms with E-state index in [0.29, 0.717) is 12.5 Å². The lowest BCUT2D eigenvalue weighted by molar-refractivity contribution is 0.193. The van der Waals surface area contributed by atoms with Crippen molar-refractivity contribution < 1.29 is 0 Å². The summed E-state index contributed by atoms with van der Waals surface area (Å²) in [6.45, 7) is 2.64. The number of nitrogens with one attached hydrogen (secondary N) is 1. The molecule has 0 bridgehead atoms. The smallest absolute Gasteiger partial charge is 0.329 e. The van der Waals surface area contributed by atoms with Crippen molar-refractivity contribution in [1.29, 1.82) is 0 Å². The van der Waals surface area contributed by atoms with Crippen LogP contribution in [0.1, 0.15) is 12.8 Å². The van der Waals surface area contributed by atoms with Crippen molar-refractivity contribution in [3.8, 4) is 0 Å². The van der Waals surface area contributed by atoms with Crippen LogP contribution in [0.2, 0.25) is 0 Å². The molecule has 2 heterocycles. The number of H-pyrrole nitrogens is 1. The Hall–Kier alpha value is -1.56. The fourth-order valence-corrected chi connectivity index (χ4v) is 2.41. The standard InChI is InChI=1S/C11H18N4O2/c1-14-4-2-3-8(6-14)7-15-9(12)5-10(16)13-11(15)17/h5,8H,2-4,6-7,12H2,1H3,(H,13,16,17). The maximum absolute atomic E-state index is 11.6. The molecule has 1 aliphatic rings. The van der Waals surface area contributed by atoms with Crippen molar-refractivity contribution in [3.63, 3.8) is 0 Å². The quantitative estimate of drug-likeness (QED) is 0.725. The molecule has 6 heteroatoms. The summed E-state index contributed by atoms with van der Waals surface area (Å²) < 4.78 is 1.45. The van der Waals surface area contributed by atoms with Crippen molar-refractivity contribution in [3.05, 3.63) is 26.9 Å². The van der Waals surface area contributed by atoms with Gasteiger partial charge in [0.05, 0.1) is 0 Å². The Balaban J connectivity index is 2.18. The maximum Gasteiger partial charge on any atom is 0.329 e. The first-order valence-electron chi connectivity index (χ1n) is 5.84. The Labute approximate surface area is 99.1 Å². The van der Waals surface area contributed by atoms with E-state index >= 15 is 0 Å². The number of rotatable bonds is 2. The van der Waals surface area contributed by atoms with E-state index in [1.54, 1.807) is 0 Å². The van der Waals surface area contributed by atoms with E-state index in [2.05, 4.69) is 16.9 Å². The summed E-state index contributed by atoms with van der Waals surface area (Å²) in [5.74, 6) is 0.659. The molecule has 1 fully saturated rings. The highest BCUT2D eigenvalue weighted by atomic mass is 16.2. The first-order chi connectivity index (χ1) is 8.06. The lowest BCUT2D eigenvalue weighted by Crippen LogP contribution is -2.38. The zero-order chi connectivity index (χ0) is 12.4. The Morgan fingerprint density at radius 3 is 2.94 bits per heavy atom. The van der Waals surface area contributed by atoms with Crippen LogP contribution in [0.3, 0.4) is 0 Å². The molecule has 3 N–H and O–H groups in total. The second-order valence-corrected chi connectivity index (χ2v) is 4.74. The molecule has 0 spiro atoms. The first-order valence-corrected chi connectivity index (χ1v) is 5.84. The van der Waals surface area contributed by atoms with Crippen LogP contribution in [0.5, 0.6) is 0 Å². The Kier molecular flexibility index (Phi) is 3.33. The van der Waals surface area contributed by atoms with Gasteiger partial charge in [0.1, 0.15) is 5.82 Å². The van der Waals surface area contributed by atoms with Gasteiger partial charge in [0.2, 0.25) is 0 Å². The molecule has 6 nitrogen and oxygen atoms in total. The minimum Gasteiger partial charge on any atom is -0.385 e. The number of hydrogen-bond donors (Lipinski definition) is 2. The van der Waals surface area contributed by atoms with Gasteiger partial charge in [-0.2, -0.15) is 0 Å². The topological polar surface area (TPSA) is 84.1 Å². The molecule has 0 amide bonds. The maximum atomic E-state index is 11.6. The molecule has 1 saturated heterocycles. The molecule has 0 saturated carbocycles. The lowest BCUT2D eigenvalue weighted by Gasteiger charge is -2.30. The molecule has 0 aliphatic carbocycles. The van der Waals surface area contributed by atoms with Crippen LogP contribution < -0.4 is 17.0 Å². The summed E-state index contributed by atoms with van der Waals surface area (Å²) in [6.07, 6.45) is 2.23. The van der Waals surface area contributed by atoms with Crippen LogP contribution in [0.15, 0.2) is 15.7 Å². The Morgan fingerprint density at radius 2 is 2.29 bits per heavy atom. The predicted octanol–water partition coefficient (Wildman–Crippen LogP) is -0.539. The predicted molar refractivity (Wildman–Crippen MR) is 66.0 cm³/mol. The fraction of sp³-hybridized carbons (Fsp3) is 0.636. The van der Waals surface area contributed by atoms with E-state index in [0.717, 1.165) is 25.9 Å². The van der Waals surface area contributed by atoms with E-state index in [1.165, 1.54) is 10.6 Å². The van der Waals surface area contributed by atoms with Crippen LogP contribution in [0.4, 0.5) is 5.82 Å². The van der Waals surface area contributed by atoms with Crippen LogP contribution in [0.25, 0.3) is 0 Å². The van der Waals surface area contributed by atoms with Crippen LogP contribution in [-0.2, 0) is 6.54 Å². The van der Waals surface area contributed by atoms with E-state index in [1.807, 2.05) is 0 Å². The van der Waals surface area contributed by atoms with Gasteiger partial charge in [0, 0.05) is 19.2 Å². The average Bonchev–Trinajstić information content (AvgIpc) is 2.23. The van der Waals surface area contributed by atoms with E-state index in [4.69, 9.17) is 5.73 Å². The number of anilines is 1. The Bertz CT molecular complexity index is 505. The third-order valence-corrected chi connectivity index (χ3v) is 3.23. The summed E-state index contributed by atoms with van der Waals surface area (Å²) in [5, 5.41) is 0. The van der Waals surface area contributed by atoms with Gasteiger partial charge in [-0.1, -0.05) is 0 Å². The van der Waals surface area contributed by atoms with Gasteiger partial charge in [-0.3, -0.25) is 14.3 Å². The minimum absolute atomic E-state index is 0.243. The van der Waals surface area contributed by atoms with Crippen molar-refractivity contribution in [2.45, 2.75) is 19.4 Å². The van der Waals surface area contributed by atoms with Crippen molar-refractivity contribution in [1.82, 2.24) is 14.5 Å². The molecule has 1 atom stereocenters. The number of aromatic amines is 1. The molecule has 2 rings (SSSR count). The molecule has 1 aliphatic heterocycles. The summed E-state index contributed by atoms with van der Waals surface area (Å²) >= 11 is 0. The second kappa shape index (κ2) is 4.75. The van der Waals surface area contributed by atoms with Crippen molar-refractivity contribution >= 4 is 5.82 Å². The number of nitrogens with zero attached hydrogens (tertiary/aromatic N) is 2. The van der Waals surface area contributed by atoms with Gasteiger partial charge in [-0.05, 0) is 32.4 Å². The number of piperidine rings is 1. The summed E-state index contributed by atoms with van der Waals surface area (Å²) in [5.41, 5.74) is 4.85. The highest BCUT2D eigenvalue weighted by Gasteiger charge is 2.18. The van der Waals surface area contributed by atoms with Crippen LogP contribution >= 0.6 is 0 Å². The lowest BCUT2D eigenvalue weighted by atomic mass is 9.98. The van der Waals surface area contributed by atoms with E-state index in [9.17, 15) is 9.59 Å². The molecule has 0 radical (unpaired) electrons. The molecule has 1 aromatic rings. The molecule has 1 aromatic heterocycles. The average molecular weight is 238 g/mol. The SMILES string of the molecule is CN1CCCC(Cn2c(N)cc(=O)[nH]c2=O)C1. The van der Waals surface area contributed by atoms with Gasteiger partial charge in [0.25, 0.3) is 5.56 Å². The largest absolute Gasteiger partial charge is 0.385 e. The number of nitrogen functional groups attached to an aromatic ring is 1. The summed E-state index contributed by atoms with van der Waals surface area (Å²) in [4.78, 5) is 27.2. The third kappa shape index (κ3) is 2.76. The van der Waals surface area contributed by atoms with E-state index in [-0.39, 0.29) is 5.82 Å². The first kappa shape index (κ1) is 11.9. The number of nitrogens with two attached hydrogens (primary N) is 1. The van der Waals surface area contributed by atoms with Gasteiger partial charge in [-0.25, -0.2) is 4.79 Å². The summed E-state index contributed by atoms with van der Waals surface area (Å²) in [6, 6.07) is 1.26. The van der Waals surface area contributed by atoms with Gasteiger partial charge < -0.3 is 10.6 Å². The monoisotopic (exact) mass is 238 g/mol. The third-order valence-electron chi connectivity index (χ3n) is 3.23. The van der Waals surface area contributed by atoms with Crippen LogP contribution in [0, 0.1) is 5.92 Å².